The lowest BCUT2D eigenvalue weighted by Gasteiger charge is -2.30. The van der Waals surface area contributed by atoms with Crippen LogP contribution in [0.3, 0.4) is 0 Å². The highest BCUT2D eigenvalue weighted by atomic mass is 32.1. The third-order valence-corrected chi connectivity index (χ3v) is 6.44. The van der Waals surface area contributed by atoms with E-state index in [0.29, 0.717) is 29.0 Å². The van der Waals surface area contributed by atoms with Crippen LogP contribution in [0, 0.1) is 18.3 Å². The summed E-state index contributed by atoms with van der Waals surface area (Å²) in [6.07, 6.45) is 0.787. The second-order valence-corrected chi connectivity index (χ2v) is 8.86. The van der Waals surface area contributed by atoms with Crippen LogP contribution in [-0.2, 0) is 25.5 Å². The van der Waals surface area contributed by atoms with Crippen molar-refractivity contribution in [1.82, 2.24) is 5.32 Å². The highest BCUT2D eigenvalue weighted by molar-refractivity contribution is 7.10. The van der Waals surface area contributed by atoms with Crippen LogP contribution in [0.15, 0.2) is 58.3 Å². The number of dihydropyridines is 1. The van der Waals surface area contributed by atoms with Crippen molar-refractivity contribution in [1.29, 1.82) is 5.26 Å². The number of benzene rings is 1. The number of carbonyl (C=O) groups is 2. The SMILES string of the molecule is CCOC(=O)C1=C(C)NC(C)=C(C(=O)OCCC#N)C1c1ccsc1Cc1ccc(C)cc1. The van der Waals surface area contributed by atoms with Crippen LogP contribution in [0.2, 0.25) is 0 Å². The fourth-order valence-electron chi connectivity index (χ4n) is 3.96. The molecule has 172 valence electrons. The van der Waals surface area contributed by atoms with Gasteiger partial charge in [0.1, 0.15) is 6.61 Å². The summed E-state index contributed by atoms with van der Waals surface area (Å²) in [7, 11) is 0. The average molecular weight is 465 g/mol. The van der Waals surface area contributed by atoms with Gasteiger partial charge in [0.25, 0.3) is 0 Å². The van der Waals surface area contributed by atoms with Crippen molar-refractivity contribution < 1.29 is 19.1 Å². The lowest BCUT2D eigenvalue weighted by Crippen LogP contribution is -2.32. The third kappa shape index (κ3) is 5.52. The third-order valence-electron chi connectivity index (χ3n) is 5.50. The largest absolute Gasteiger partial charge is 0.463 e. The quantitative estimate of drug-likeness (QED) is 0.441. The number of carbonyl (C=O) groups excluding carboxylic acids is 2. The minimum atomic E-state index is -0.619. The van der Waals surface area contributed by atoms with Crippen molar-refractivity contribution in [3.8, 4) is 6.07 Å². The normalized spacial score (nSPS) is 15.7. The Morgan fingerprint density at radius 3 is 2.27 bits per heavy atom. The second-order valence-electron chi connectivity index (χ2n) is 7.86. The molecule has 3 rings (SSSR count). The Balaban J connectivity index is 2.07. The lowest BCUT2D eigenvalue weighted by molar-refractivity contribution is -0.139. The molecule has 0 bridgehead atoms. The average Bonchev–Trinajstić information content (AvgIpc) is 3.22. The van der Waals surface area contributed by atoms with Crippen LogP contribution >= 0.6 is 11.3 Å². The van der Waals surface area contributed by atoms with Crippen LogP contribution in [0.1, 0.15) is 54.7 Å². The van der Waals surface area contributed by atoms with Crippen molar-refractivity contribution in [2.24, 2.45) is 0 Å². The van der Waals surface area contributed by atoms with E-state index in [2.05, 4.69) is 29.6 Å². The van der Waals surface area contributed by atoms with Gasteiger partial charge in [-0.2, -0.15) is 5.26 Å². The summed E-state index contributed by atoms with van der Waals surface area (Å²) in [5.41, 5.74) is 5.26. The maximum atomic E-state index is 13.1. The van der Waals surface area contributed by atoms with Gasteiger partial charge < -0.3 is 14.8 Å². The van der Waals surface area contributed by atoms with E-state index in [4.69, 9.17) is 14.7 Å². The zero-order valence-electron chi connectivity index (χ0n) is 19.4. The van der Waals surface area contributed by atoms with Crippen molar-refractivity contribution in [2.45, 2.75) is 46.5 Å². The number of rotatable bonds is 8. The molecule has 0 saturated heterocycles. The Labute approximate surface area is 198 Å². The summed E-state index contributed by atoms with van der Waals surface area (Å²) >= 11 is 1.59. The molecular formula is C26H28N2O4S. The topological polar surface area (TPSA) is 88.4 Å². The van der Waals surface area contributed by atoms with Crippen LogP contribution in [0.25, 0.3) is 0 Å². The van der Waals surface area contributed by atoms with Crippen LogP contribution < -0.4 is 5.32 Å². The Kier molecular flexibility index (Phi) is 8.07. The summed E-state index contributed by atoms with van der Waals surface area (Å²) in [5, 5.41) is 13.9. The molecule has 1 N–H and O–H groups in total. The van der Waals surface area contributed by atoms with E-state index in [-0.39, 0.29) is 19.6 Å². The maximum Gasteiger partial charge on any atom is 0.336 e. The molecule has 7 heteroatoms. The second kappa shape index (κ2) is 11.0. The van der Waals surface area contributed by atoms with E-state index in [0.717, 1.165) is 16.0 Å². The molecule has 1 atom stereocenters. The molecule has 1 aromatic heterocycles. The van der Waals surface area contributed by atoms with E-state index < -0.39 is 17.9 Å². The van der Waals surface area contributed by atoms with E-state index in [1.54, 1.807) is 25.2 Å². The molecule has 0 aliphatic carbocycles. The summed E-state index contributed by atoms with van der Waals surface area (Å²) in [4.78, 5) is 27.2. The number of allylic oxidation sites excluding steroid dienone is 2. The molecule has 0 fully saturated rings. The molecule has 0 amide bonds. The van der Waals surface area contributed by atoms with Gasteiger partial charge in [0.05, 0.1) is 36.2 Å². The van der Waals surface area contributed by atoms with Crippen molar-refractivity contribution in [2.75, 3.05) is 13.2 Å². The van der Waals surface area contributed by atoms with E-state index in [9.17, 15) is 9.59 Å². The maximum absolute atomic E-state index is 13.1. The van der Waals surface area contributed by atoms with Crippen LogP contribution in [0.4, 0.5) is 0 Å². The molecule has 0 radical (unpaired) electrons. The first kappa shape index (κ1) is 24.3. The number of thiophene rings is 1. The van der Waals surface area contributed by atoms with Gasteiger partial charge in [-0.3, -0.25) is 0 Å². The van der Waals surface area contributed by atoms with E-state index in [1.165, 1.54) is 5.56 Å². The summed E-state index contributed by atoms with van der Waals surface area (Å²) in [6.45, 7) is 7.64. The summed E-state index contributed by atoms with van der Waals surface area (Å²) in [5.74, 6) is -1.62. The van der Waals surface area contributed by atoms with Gasteiger partial charge in [0, 0.05) is 22.7 Å². The first-order chi connectivity index (χ1) is 15.9. The van der Waals surface area contributed by atoms with Crippen LogP contribution in [-0.4, -0.2) is 25.2 Å². The predicted octanol–water partition coefficient (Wildman–Crippen LogP) is 4.90. The van der Waals surface area contributed by atoms with E-state index in [1.807, 2.05) is 31.4 Å². The number of ether oxygens (including phenoxy) is 2. The molecule has 6 nitrogen and oxygen atoms in total. The van der Waals surface area contributed by atoms with Gasteiger partial charge in [-0.15, -0.1) is 11.3 Å². The Morgan fingerprint density at radius 2 is 1.67 bits per heavy atom. The number of nitriles is 1. The molecular weight excluding hydrogens is 436 g/mol. The zero-order valence-corrected chi connectivity index (χ0v) is 20.2. The van der Waals surface area contributed by atoms with Crippen molar-refractivity contribution in [3.63, 3.8) is 0 Å². The minimum absolute atomic E-state index is 0.00384. The van der Waals surface area contributed by atoms with Gasteiger partial charge in [-0.1, -0.05) is 29.8 Å². The fourth-order valence-corrected chi connectivity index (χ4v) is 4.92. The number of esters is 2. The van der Waals surface area contributed by atoms with Gasteiger partial charge in [0.15, 0.2) is 0 Å². The Bertz CT molecular complexity index is 1140. The highest BCUT2D eigenvalue weighted by Gasteiger charge is 2.39. The zero-order chi connectivity index (χ0) is 24.0. The molecule has 2 heterocycles. The number of hydrogen-bond donors (Lipinski definition) is 1. The molecule has 33 heavy (non-hydrogen) atoms. The summed E-state index contributed by atoms with van der Waals surface area (Å²) < 4.78 is 10.7. The Morgan fingerprint density at radius 1 is 1.03 bits per heavy atom. The molecule has 1 aliphatic rings. The van der Waals surface area contributed by atoms with Gasteiger partial charge in [-0.05, 0) is 50.3 Å². The molecule has 1 unspecified atom stereocenters. The van der Waals surface area contributed by atoms with Crippen molar-refractivity contribution >= 4 is 23.3 Å². The smallest absolute Gasteiger partial charge is 0.336 e. The van der Waals surface area contributed by atoms with Gasteiger partial charge >= 0.3 is 11.9 Å². The van der Waals surface area contributed by atoms with Crippen molar-refractivity contribution in [3.05, 3.63) is 79.8 Å². The highest BCUT2D eigenvalue weighted by Crippen LogP contribution is 2.42. The standard InChI is InChI=1S/C26H28N2O4S/c1-5-31-25(29)22-17(3)28-18(4)23(26(30)32-13-6-12-27)24(22)20-11-14-33-21(20)15-19-9-7-16(2)8-10-19/h7-11,14,24,28H,5-6,13,15H2,1-4H3. The molecule has 0 saturated carbocycles. The molecule has 2 aromatic rings. The van der Waals surface area contributed by atoms with Gasteiger partial charge in [-0.25, -0.2) is 9.59 Å². The minimum Gasteiger partial charge on any atom is -0.463 e. The molecule has 1 aromatic carbocycles. The summed E-state index contributed by atoms with van der Waals surface area (Å²) in [6, 6.07) is 12.3. The Hall–Kier alpha value is -3.37. The number of nitrogens with zero attached hydrogens (tertiary/aromatic N) is 1. The van der Waals surface area contributed by atoms with E-state index >= 15 is 0 Å². The molecule has 1 aliphatic heterocycles. The van der Waals surface area contributed by atoms with Crippen LogP contribution in [0.5, 0.6) is 0 Å². The van der Waals surface area contributed by atoms with Gasteiger partial charge in [0.2, 0.25) is 0 Å². The monoisotopic (exact) mass is 464 g/mol. The first-order valence-corrected chi connectivity index (χ1v) is 11.8. The fraction of sp³-hybridized carbons (Fsp3) is 0.346. The lowest BCUT2D eigenvalue weighted by atomic mass is 9.80. The molecule has 0 spiro atoms. The number of nitrogens with one attached hydrogen (secondary N) is 1. The number of hydrogen-bond acceptors (Lipinski definition) is 7. The number of aryl methyl sites for hydroxylation is 1. The predicted molar refractivity (Wildman–Crippen MR) is 127 cm³/mol. The first-order valence-electron chi connectivity index (χ1n) is 10.9.